The minimum absolute atomic E-state index is 0.0965. The van der Waals surface area contributed by atoms with Gasteiger partial charge in [-0.25, -0.2) is 4.98 Å². The van der Waals surface area contributed by atoms with Gasteiger partial charge in [-0.05, 0) is 30.3 Å². The molecule has 0 bridgehead atoms. The van der Waals surface area contributed by atoms with Gasteiger partial charge >= 0.3 is 0 Å². The van der Waals surface area contributed by atoms with E-state index < -0.39 is 11.5 Å². The van der Waals surface area contributed by atoms with Gasteiger partial charge in [0.25, 0.3) is 17.4 Å². The highest BCUT2D eigenvalue weighted by Crippen LogP contribution is 2.27. The molecule has 3 rings (SSSR count). The van der Waals surface area contributed by atoms with Crippen molar-refractivity contribution in [2.45, 2.75) is 0 Å². The number of aromatic nitrogens is 2. The van der Waals surface area contributed by atoms with Crippen LogP contribution in [0.4, 0.5) is 0 Å². The molecule has 0 saturated carbocycles. The van der Waals surface area contributed by atoms with Crippen molar-refractivity contribution in [2.75, 3.05) is 19.7 Å². The van der Waals surface area contributed by atoms with Crippen molar-refractivity contribution in [3.05, 3.63) is 68.7 Å². The molecule has 1 heterocycles. The van der Waals surface area contributed by atoms with Gasteiger partial charge in [0.1, 0.15) is 5.75 Å². The Balaban J connectivity index is 1.44. The van der Waals surface area contributed by atoms with Crippen molar-refractivity contribution in [1.29, 1.82) is 0 Å². The van der Waals surface area contributed by atoms with Crippen molar-refractivity contribution >= 4 is 45.9 Å². The minimum atomic E-state index is -0.550. The van der Waals surface area contributed by atoms with Gasteiger partial charge in [-0.1, -0.05) is 35.3 Å². The number of nitrogens with zero attached hydrogens (tertiary/aromatic N) is 1. The van der Waals surface area contributed by atoms with Gasteiger partial charge < -0.3 is 20.4 Å². The van der Waals surface area contributed by atoms with E-state index in [0.29, 0.717) is 26.7 Å². The molecule has 10 heteroatoms. The molecule has 3 aromatic rings. The predicted molar refractivity (Wildman–Crippen MR) is 110 cm³/mol. The number of benzene rings is 2. The van der Waals surface area contributed by atoms with Gasteiger partial charge in [-0.2, -0.15) is 0 Å². The van der Waals surface area contributed by atoms with Crippen LogP contribution >= 0.6 is 23.2 Å². The number of carbonyl (C=O) groups excluding carboxylic acids is 2. The average molecular weight is 435 g/mol. The molecule has 0 aliphatic carbocycles. The minimum Gasteiger partial charge on any atom is -0.482 e. The first-order valence-electron chi connectivity index (χ1n) is 8.56. The zero-order valence-corrected chi connectivity index (χ0v) is 16.5. The van der Waals surface area contributed by atoms with Gasteiger partial charge in [0, 0.05) is 18.1 Å². The van der Waals surface area contributed by atoms with Crippen LogP contribution < -0.4 is 20.9 Å². The van der Waals surface area contributed by atoms with Gasteiger partial charge in [0.05, 0.1) is 15.9 Å². The van der Waals surface area contributed by atoms with Crippen LogP contribution in [0.25, 0.3) is 10.9 Å². The average Bonchev–Trinajstić information content (AvgIpc) is 2.70. The highest BCUT2D eigenvalue weighted by molar-refractivity contribution is 6.35. The molecular formula is C19H16Cl2N4O4. The molecule has 29 heavy (non-hydrogen) atoms. The lowest BCUT2D eigenvalue weighted by Crippen LogP contribution is -2.37. The van der Waals surface area contributed by atoms with Crippen molar-refractivity contribution < 1.29 is 14.3 Å². The van der Waals surface area contributed by atoms with Crippen LogP contribution in [0, 0.1) is 0 Å². The Hall–Kier alpha value is -3.10. The quantitative estimate of drug-likeness (QED) is 0.493. The number of rotatable bonds is 7. The summed E-state index contributed by atoms with van der Waals surface area (Å²) in [7, 11) is 0. The number of amides is 2. The van der Waals surface area contributed by atoms with Crippen LogP contribution in [0.15, 0.2) is 47.3 Å². The fraction of sp³-hybridized carbons (Fsp3) is 0.158. The number of aromatic amines is 1. The maximum absolute atomic E-state index is 12.2. The number of hydrogen-bond acceptors (Lipinski definition) is 5. The molecule has 0 aliphatic heterocycles. The molecule has 0 fully saturated rings. The first-order chi connectivity index (χ1) is 13.9. The maximum Gasteiger partial charge on any atom is 0.287 e. The second-order valence-electron chi connectivity index (χ2n) is 5.90. The lowest BCUT2D eigenvalue weighted by atomic mass is 10.2. The molecule has 8 nitrogen and oxygen atoms in total. The first kappa shape index (κ1) is 20.6. The van der Waals surface area contributed by atoms with Crippen LogP contribution in [-0.4, -0.2) is 41.5 Å². The number of hydrogen-bond donors (Lipinski definition) is 3. The van der Waals surface area contributed by atoms with Crippen LogP contribution in [0.3, 0.4) is 0 Å². The Bertz CT molecular complexity index is 1120. The molecule has 0 unspecified atom stereocenters. The highest BCUT2D eigenvalue weighted by Gasteiger charge is 2.11. The van der Waals surface area contributed by atoms with E-state index in [1.807, 2.05) is 0 Å². The summed E-state index contributed by atoms with van der Waals surface area (Å²) in [5.74, 6) is -0.694. The van der Waals surface area contributed by atoms with Crippen LogP contribution in [0.1, 0.15) is 10.6 Å². The molecule has 2 amide bonds. The lowest BCUT2D eigenvalue weighted by molar-refractivity contribution is -0.123. The van der Waals surface area contributed by atoms with E-state index in [2.05, 4.69) is 20.6 Å². The third-order valence-electron chi connectivity index (χ3n) is 3.81. The maximum atomic E-state index is 12.2. The highest BCUT2D eigenvalue weighted by atomic mass is 35.5. The summed E-state index contributed by atoms with van der Waals surface area (Å²) >= 11 is 11.8. The zero-order valence-electron chi connectivity index (χ0n) is 15.0. The summed E-state index contributed by atoms with van der Waals surface area (Å²) in [6.45, 7) is 0.0672. The molecule has 2 aromatic carbocycles. The summed E-state index contributed by atoms with van der Waals surface area (Å²) in [4.78, 5) is 42.5. The van der Waals surface area contributed by atoms with E-state index in [9.17, 15) is 14.4 Å². The van der Waals surface area contributed by atoms with Crippen LogP contribution in [0.5, 0.6) is 5.75 Å². The molecular weight excluding hydrogens is 419 g/mol. The van der Waals surface area contributed by atoms with Gasteiger partial charge in [0.15, 0.2) is 12.4 Å². The molecule has 150 valence electrons. The monoisotopic (exact) mass is 434 g/mol. The van der Waals surface area contributed by atoms with Crippen molar-refractivity contribution in [3.63, 3.8) is 0 Å². The zero-order chi connectivity index (χ0) is 20.8. The largest absolute Gasteiger partial charge is 0.482 e. The van der Waals surface area contributed by atoms with E-state index in [-0.39, 0.29) is 31.4 Å². The van der Waals surface area contributed by atoms with Gasteiger partial charge in [-0.3, -0.25) is 14.4 Å². The second kappa shape index (κ2) is 9.40. The number of carbonyl (C=O) groups is 2. The number of H-pyrrole nitrogens is 1. The smallest absolute Gasteiger partial charge is 0.287 e. The summed E-state index contributed by atoms with van der Waals surface area (Å²) in [6.07, 6.45) is 0. The third kappa shape index (κ3) is 5.46. The lowest BCUT2D eigenvalue weighted by Gasteiger charge is -2.09. The fourth-order valence-corrected chi connectivity index (χ4v) is 2.91. The number of ether oxygens (including phenoxy) is 1. The van der Waals surface area contributed by atoms with Crippen molar-refractivity contribution in [3.8, 4) is 5.75 Å². The molecule has 0 aliphatic rings. The van der Waals surface area contributed by atoms with E-state index in [1.165, 1.54) is 6.07 Å². The van der Waals surface area contributed by atoms with E-state index in [0.717, 1.165) is 0 Å². The summed E-state index contributed by atoms with van der Waals surface area (Å²) in [6, 6.07) is 11.4. The molecule has 1 aromatic heterocycles. The fourth-order valence-electron chi connectivity index (χ4n) is 2.44. The Morgan fingerprint density at radius 2 is 1.83 bits per heavy atom. The topological polar surface area (TPSA) is 113 Å². The summed E-state index contributed by atoms with van der Waals surface area (Å²) < 4.78 is 5.32. The normalized spacial score (nSPS) is 10.6. The van der Waals surface area contributed by atoms with Crippen LogP contribution in [0.2, 0.25) is 10.0 Å². The Kier molecular flexibility index (Phi) is 6.69. The Morgan fingerprint density at radius 3 is 2.62 bits per heavy atom. The van der Waals surface area contributed by atoms with E-state index in [1.54, 1.807) is 36.4 Å². The standard InChI is InChI=1S/C19H16Cl2N4O4/c20-11-5-6-15(13(21)9-11)29-10-16(26)22-7-8-23-19(28)17-24-14-4-2-1-3-12(14)18(27)25-17/h1-6,9H,7-8,10H2,(H,22,26)(H,23,28)(H,24,25,27). The molecule has 0 spiro atoms. The third-order valence-corrected chi connectivity index (χ3v) is 4.34. The molecule has 0 saturated heterocycles. The van der Waals surface area contributed by atoms with Gasteiger partial charge in [0.2, 0.25) is 0 Å². The number of para-hydroxylation sites is 1. The Labute approximate surface area is 175 Å². The summed E-state index contributed by atoms with van der Waals surface area (Å²) in [5.41, 5.74) is 0.0276. The molecule has 3 N–H and O–H groups in total. The molecule has 0 atom stereocenters. The van der Waals surface area contributed by atoms with E-state index >= 15 is 0 Å². The number of fused-ring (bicyclic) bond motifs is 1. The SMILES string of the molecule is O=C(COc1ccc(Cl)cc1Cl)NCCNC(=O)c1nc2ccccc2c(=O)[nH]1. The second-order valence-corrected chi connectivity index (χ2v) is 6.74. The van der Waals surface area contributed by atoms with Crippen LogP contribution in [-0.2, 0) is 4.79 Å². The summed E-state index contributed by atoms with van der Waals surface area (Å²) in [5, 5.41) is 6.33. The Morgan fingerprint density at radius 1 is 1.07 bits per heavy atom. The predicted octanol–water partition coefficient (Wildman–Crippen LogP) is 2.15. The number of nitrogens with one attached hydrogen (secondary N) is 3. The van der Waals surface area contributed by atoms with Crippen molar-refractivity contribution in [1.82, 2.24) is 20.6 Å². The number of halogens is 2. The molecule has 0 radical (unpaired) electrons. The van der Waals surface area contributed by atoms with Gasteiger partial charge in [-0.15, -0.1) is 0 Å². The van der Waals surface area contributed by atoms with Crippen molar-refractivity contribution in [2.24, 2.45) is 0 Å². The van der Waals surface area contributed by atoms with E-state index in [4.69, 9.17) is 27.9 Å². The first-order valence-corrected chi connectivity index (χ1v) is 9.31.